The summed E-state index contributed by atoms with van der Waals surface area (Å²) in [6, 6.07) is 5.93. The Hall–Kier alpha value is -2.86. The number of nitrogens with zero attached hydrogens (tertiary/aromatic N) is 5. The normalized spacial score (nSPS) is 13.3. The number of rotatable bonds is 8. The highest BCUT2D eigenvalue weighted by molar-refractivity contribution is 7.99. The van der Waals surface area contributed by atoms with Gasteiger partial charge in [0, 0.05) is 13.0 Å². The van der Waals surface area contributed by atoms with E-state index in [2.05, 4.69) is 31.0 Å². The number of anilines is 2. The lowest BCUT2D eigenvalue weighted by molar-refractivity contribution is -0.116. The fraction of sp³-hybridized carbons (Fsp3) is 0.333. The van der Waals surface area contributed by atoms with Crippen LogP contribution >= 0.6 is 23.1 Å². The predicted molar refractivity (Wildman–Crippen MR) is 111 cm³/mol. The number of nitrogens with one attached hydrogen (secondary N) is 2. The number of halogens is 1. The third-order valence-electron chi connectivity index (χ3n) is 4.34. The fourth-order valence-corrected chi connectivity index (χ4v) is 4.25. The molecule has 30 heavy (non-hydrogen) atoms. The van der Waals surface area contributed by atoms with E-state index in [9.17, 15) is 14.0 Å². The first kappa shape index (κ1) is 20.4. The summed E-state index contributed by atoms with van der Waals surface area (Å²) in [4.78, 5) is 24.3. The molecule has 156 valence electrons. The van der Waals surface area contributed by atoms with Crippen molar-refractivity contribution < 1.29 is 14.0 Å². The maximum absolute atomic E-state index is 13.7. The van der Waals surface area contributed by atoms with Gasteiger partial charge in [0.25, 0.3) is 0 Å². The maximum Gasteiger partial charge on any atom is 0.236 e. The van der Waals surface area contributed by atoms with E-state index in [1.807, 2.05) is 0 Å². The molecule has 2 N–H and O–H groups in total. The average Bonchev–Trinajstić information content (AvgIpc) is 3.38. The topological polar surface area (TPSA) is 115 Å². The summed E-state index contributed by atoms with van der Waals surface area (Å²) in [6.45, 7) is 0. The number of carbonyl (C=O) groups is 2. The first-order valence-electron chi connectivity index (χ1n) is 9.18. The van der Waals surface area contributed by atoms with Crippen LogP contribution in [0.3, 0.4) is 0 Å². The smallest absolute Gasteiger partial charge is 0.236 e. The van der Waals surface area contributed by atoms with Crippen LogP contribution < -0.4 is 10.6 Å². The van der Waals surface area contributed by atoms with Gasteiger partial charge in [-0.25, -0.2) is 4.39 Å². The molecule has 1 fully saturated rings. The van der Waals surface area contributed by atoms with Crippen molar-refractivity contribution in [2.24, 2.45) is 7.05 Å². The Labute approximate surface area is 179 Å². The standard InChI is InChI=1S/C18H18FN7O2S2/c1-26-13(8-14(27)20-12-5-3-2-4-11(12)19)22-25-18(26)29-9-15(28)21-17-24-23-16(30-17)10-6-7-10/h2-5,10H,6-9H2,1H3,(H,20,27)(H,21,24,28). The fourth-order valence-electron chi connectivity index (χ4n) is 2.59. The summed E-state index contributed by atoms with van der Waals surface area (Å²) in [5.74, 6) is -0.120. The Morgan fingerprint density at radius 1 is 1.17 bits per heavy atom. The Bertz CT molecular complexity index is 1080. The molecular weight excluding hydrogens is 429 g/mol. The molecule has 2 amide bonds. The molecule has 9 nitrogen and oxygen atoms in total. The van der Waals surface area contributed by atoms with Crippen molar-refractivity contribution >= 4 is 45.7 Å². The molecule has 0 radical (unpaired) electrons. The largest absolute Gasteiger partial charge is 0.323 e. The molecule has 0 atom stereocenters. The Morgan fingerprint density at radius 3 is 2.73 bits per heavy atom. The first-order valence-corrected chi connectivity index (χ1v) is 11.0. The molecule has 1 aromatic carbocycles. The second-order valence-electron chi connectivity index (χ2n) is 6.72. The highest BCUT2D eigenvalue weighted by Crippen LogP contribution is 2.42. The zero-order valence-corrected chi connectivity index (χ0v) is 17.6. The number of para-hydroxylation sites is 1. The maximum atomic E-state index is 13.7. The van der Waals surface area contributed by atoms with Crippen molar-refractivity contribution in [1.82, 2.24) is 25.0 Å². The van der Waals surface area contributed by atoms with Crippen LogP contribution in [0.25, 0.3) is 0 Å². The van der Waals surface area contributed by atoms with Gasteiger partial charge in [0.15, 0.2) is 5.16 Å². The molecule has 0 bridgehead atoms. The molecular formula is C18H18FN7O2S2. The molecule has 1 aliphatic carbocycles. The summed E-state index contributed by atoms with van der Waals surface area (Å²) < 4.78 is 15.3. The van der Waals surface area contributed by atoms with Crippen molar-refractivity contribution in [3.05, 3.63) is 40.9 Å². The quantitative estimate of drug-likeness (QED) is 0.510. The van der Waals surface area contributed by atoms with Gasteiger partial charge in [-0.1, -0.05) is 35.2 Å². The van der Waals surface area contributed by atoms with Gasteiger partial charge in [0.2, 0.25) is 16.9 Å². The lowest BCUT2D eigenvalue weighted by Crippen LogP contribution is -2.18. The van der Waals surface area contributed by atoms with Crippen molar-refractivity contribution in [2.45, 2.75) is 30.3 Å². The van der Waals surface area contributed by atoms with Crippen LogP contribution in [0.1, 0.15) is 29.6 Å². The Kier molecular flexibility index (Phi) is 6.04. The van der Waals surface area contributed by atoms with Crippen LogP contribution in [-0.2, 0) is 23.1 Å². The summed E-state index contributed by atoms with van der Waals surface area (Å²) in [6.07, 6.45) is 2.19. The molecule has 1 aliphatic rings. The number of hydrogen-bond acceptors (Lipinski definition) is 8. The first-order chi connectivity index (χ1) is 14.5. The van der Waals surface area contributed by atoms with Gasteiger partial charge in [-0.3, -0.25) is 14.9 Å². The molecule has 2 heterocycles. The third-order valence-corrected chi connectivity index (χ3v) is 6.36. The van der Waals surface area contributed by atoms with Crippen molar-refractivity contribution in [2.75, 3.05) is 16.4 Å². The molecule has 2 aromatic heterocycles. The Morgan fingerprint density at radius 2 is 1.97 bits per heavy atom. The van der Waals surface area contributed by atoms with Crippen molar-refractivity contribution in [3.63, 3.8) is 0 Å². The van der Waals surface area contributed by atoms with Crippen LogP contribution in [0.2, 0.25) is 0 Å². The Balaban J connectivity index is 1.28. The number of carbonyl (C=O) groups excluding carboxylic acids is 2. The van der Waals surface area contributed by atoms with Gasteiger partial charge in [0.05, 0.1) is 17.9 Å². The predicted octanol–water partition coefficient (Wildman–Crippen LogP) is 2.60. The average molecular weight is 448 g/mol. The van der Waals surface area contributed by atoms with Crippen molar-refractivity contribution in [1.29, 1.82) is 0 Å². The number of hydrogen-bond donors (Lipinski definition) is 2. The van der Waals surface area contributed by atoms with E-state index in [1.54, 1.807) is 23.7 Å². The van der Waals surface area contributed by atoms with E-state index in [4.69, 9.17) is 0 Å². The van der Waals surface area contributed by atoms with Crippen LogP contribution in [0.15, 0.2) is 29.4 Å². The van der Waals surface area contributed by atoms with Crippen LogP contribution in [-0.4, -0.2) is 42.5 Å². The molecule has 1 saturated carbocycles. The number of amides is 2. The highest BCUT2D eigenvalue weighted by atomic mass is 32.2. The summed E-state index contributed by atoms with van der Waals surface area (Å²) in [5, 5.41) is 23.3. The summed E-state index contributed by atoms with van der Waals surface area (Å²) in [5.41, 5.74) is 0.109. The van der Waals surface area contributed by atoms with Crippen LogP contribution in [0, 0.1) is 5.82 Å². The van der Waals surface area contributed by atoms with Crippen LogP contribution in [0.5, 0.6) is 0 Å². The van der Waals surface area contributed by atoms with E-state index >= 15 is 0 Å². The molecule has 3 aromatic rings. The SMILES string of the molecule is Cn1c(CC(=O)Nc2ccccc2F)nnc1SCC(=O)Nc1nnc(C2CC2)s1. The van der Waals surface area contributed by atoms with E-state index < -0.39 is 11.7 Å². The van der Waals surface area contributed by atoms with Gasteiger partial charge in [-0.15, -0.1) is 20.4 Å². The lowest BCUT2D eigenvalue weighted by Gasteiger charge is -2.06. The van der Waals surface area contributed by atoms with Crippen molar-refractivity contribution in [3.8, 4) is 0 Å². The van der Waals surface area contributed by atoms with E-state index in [0.29, 0.717) is 22.0 Å². The zero-order chi connectivity index (χ0) is 21.1. The molecule has 4 rings (SSSR count). The van der Waals surface area contributed by atoms with Gasteiger partial charge < -0.3 is 9.88 Å². The van der Waals surface area contributed by atoms with E-state index in [1.165, 1.54) is 35.2 Å². The molecule has 0 saturated heterocycles. The minimum absolute atomic E-state index is 0.0701. The number of benzene rings is 1. The second kappa shape index (κ2) is 8.88. The van der Waals surface area contributed by atoms with Gasteiger partial charge in [-0.05, 0) is 25.0 Å². The second-order valence-corrected chi connectivity index (χ2v) is 8.67. The van der Waals surface area contributed by atoms with Gasteiger partial charge in [0.1, 0.15) is 16.6 Å². The molecule has 0 spiro atoms. The monoisotopic (exact) mass is 447 g/mol. The molecule has 12 heteroatoms. The minimum atomic E-state index is -0.509. The number of thioether (sulfide) groups is 1. The summed E-state index contributed by atoms with van der Waals surface area (Å²) >= 11 is 2.60. The molecule has 0 aliphatic heterocycles. The van der Waals surface area contributed by atoms with E-state index in [-0.39, 0.29) is 23.8 Å². The van der Waals surface area contributed by atoms with Crippen LogP contribution in [0.4, 0.5) is 15.2 Å². The van der Waals surface area contributed by atoms with E-state index in [0.717, 1.165) is 17.8 Å². The zero-order valence-electron chi connectivity index (χ0n) is 16.0. The number of aromatic nitrogens is 5. The molecule has 0 unspecified atom stereocenters. The minimum Gasteiger partial charge on any atom is -0.323 e. The highest BCUT2D eigenvalue weighted by Gasteiger charge is 2.27. The summed E-state index contributed by atoms with van der Waals surface area (Å²) in [7, 11) is 1.71. The third kappa shape index (κ3) is 5.00. The van der Waals surface area contributed by atoms with Gasteiger partial charge >= 0.3 is 0 Å². The van der Waals surface area contributed by atoms with Gasteiger partial charge in [-0.2, -0.15) is 0 Å². The lowest BCUT2D eigenvalue weighted by atomic mass is 10.3.